The van der Waals surface area contributed by atoms with Crippen molar-refractivity contribution in [2.75, 3.05) is 18.5 Å². The lowest BCUT2D eigenvalue weighted by Crippen LogP contribution is -2.33. The van der Waals surface area contributed by atoms with E-state index in [0.717, 1.165) is 38.9 Å². The standard InChI is InChI=1S/C27H26BrNO3/c1-27(2)14-20-24-18-6-4-3-5-16(18)7-9-21(24)29-26(25(20)22(31)15-27)19-13-17(28)8-10-23(19)32-12-11-30/h3-10,13,26,29-30H,11-12,14-15H2,1-2H3/t26-/m0/s1. The van der Waals surface area contributed by atoms with E-state index in [0.29, 0.717) is 12.2 Å². The number of aliphatic hydroxyl groups excluding tert-OH is 1. The summed E-state index contributed by atoms with van der Waals surface area (Å²) >= 11 is 3.58. The summed E-state index contributed by atoms with van der Waals surface area (Å²) in [6, 6.07) is 18.1. The maximum absolute atomic E-state index is 13.6. The minimum Gasteiger partial charge on any atom is -0.491 e. The highest BCUT2D eigenvalue weighted by molar-refractivity contribution is 9.10. The molecule has 1 atom stereocenters. The summed E-state index contributed by atoms with van der Waals surface area (Å²) in [5.74, 6) is 0.855. The van der Waals surface area contributed by atoms with E-state index in [2.05, 4.69) is 65.4 Å². The van der Waals surface area contributed by atoms with Crippen LogP contribution >= 0.6 is 15.9 Å². The summed E-state index contributed by atoms with van der Waals surface area (Å²) in [5.41, 5.74) is 4.94. The summed E-state index contributed by atoms with van der Waals surface area (Å²) in [5, 5.41) is 15.3. The molecule has 2 N–H and O–H groups in total. The second-order valence-electron chi connectivity index (χ2n) is 9.37. The van der Waals surface area contributed by atoms with Gasteiger partial charge in [0.25, 0.3) is 0 Å². The first-order chi connectivity index (χ1) is 15.4. The molecule has 0 unspecified atom stereocenters. The number of ether oxygens (including phenoxy) is 1. The lowest BCUT2D eigenvalue weighted by molar-refractivity contribution is -0.118. The number of carbonyl (C=O) groups excluding carboxylic acids is 1. The molecule has 0 saturated heterocycles. The van der Waals surface area contributed by atoms with E-state index in [-0.39, 0.29) is 30.5 Å². The molecule has 0 aromatic heterocycles. The van der Waals surface area contributed by atoms with Gasteiger partial charge in [-0.05, 0) is 52.4 Å². The van der Waals surface area contributed by atoms with Crippen LogP contribution in [0.2, 0.25) is 0 Å². The van der Waals surface area contributed by atoms with Crippen LogP contribution in [0.5, 0.6) is 5.75 Å². The quantitative estimate of drug-likeness (QED) is 0.450. The number of anilines is 1. The fourth-order valence-electron chi connectivity index (χ4n) is 5.10. The van der Waals surface area contributed by atoms with Crippen molar-refractivity contribution in [1.82, 2.24) is 0 Å². The normalized spacial score (nSPS) is 19.4. The first-order valence-electron chi connectivity index (χ1n) is 11.0. The van der Waals surface area contributed by atoms with Crippen LogP contribution in [0, 0.1) is 5.41 Å². The molecule has 1 aliphatic heterocycles. The number of rotatable bonds is 4. The number of halogens is 1. The van der Waals surface area contributed by atoms with Gasteiger partial charge in [-0.15, -0.1) is 0 Å². The number of hydrogen-bond donors (Lipinski definition) is 2. The fraction of sp³-hybridized carbons (Fsp3) is 0.296. The Balaban J connectivity index is 1.76. The van der Waals surface area contributed by atoms with Crippen molar-refractivity contribution in [3.8, 4) is 5.75 Å². The van der Waals surface area contributed by atoms with Crippen LogP contribution in [-0.4, -0.2) is 24.1 Å². The number of ketones is 1. The predicted molar refractivity (Wildman–Crippen MR) is 132 cm³/mol. The van der Waals surface area contributed by atoms with Crippen molar-refractivity contribution in [3.05, 3.63) is 75.8 Å². The molecule has 4 nitrogen and oxygen atoms in total. The van der Waals surface area contributed by atoms with Crippen LogP contribution in [-0.2, 0) is 4.79 Å². The lowest BCUT2D eigenvalue weighted by atomic mass is 9.68. The second kappa shape index (κ2) is 8.05. The number of hydrogen-bond acceptors (Lipinski definition) is 4. The SMILES string of the molecule is CC1(C)CC(=O)C2=C(C1)c1c(ccc3ccccc13)N[C@H]2c1cc(Br)ccc1OCCO. The van der Waals surface area contributed by atoms with Gasteiger partial charge in [0.05, 0.1) is 12.6 Å². The van der Waals surface area contributed by atoms with E-state index in [9.17, 15) is 9.90 Å². The third-order valence-corrected chi connectivity index (χ3v) is 6.86. The number of carbonyl (C=O) groups is 1. The zero-order chi connectivity index (χ0) is 22.5. The minimum atomic E-state index is -0.312. The molecule has 5 rings (SSSR count). The third-order valence-electron chi connectivity index (χ3n) is 6.37. The van der Waals surface area contributed by atoms with Crippen molar-refractivity contribution in [1.29, 1.82) is 0 Å². The molecule has 1 aliphatic carbocycles. The highest BCUT2D eigenvalue weighted by atomic mass is 79.9. The lowest BCUT2D eigenvalue weighted by Gasteiger charge is -2.40. The van der Waals surface area contributed by atoms with E-state index in [1.165, 1.54) is 10.8 Å². The molecule has 0 bridgehead atoms. The molecular formula is C27H26BrNO3. The Hall–Kier alpha value is -2.63. The number of nitrogens with one attached hydrogen (secondary N) is 1. The molecule has 0 radical (unpaired) electrons. The Labute approximate surface area is 196 Å². The molecule has 0 spiro atoms. The number of allylic oxidation sites excluding steroid dienone is 1. The van der Waals surface area contributed by atoms with Gasteiger partial charge in [-0.2, -0.15) is 0 Å². The number of benzene rings is 3. The monoisotopic (exact) mass is 491 g/mol. The van der Waals surface area contributed by atoms with Crippen LogP contribution < -0.4 is 10.1 Å². The first-order valence-corrected chi connectivity index (χ1v) is 11.8. The van der Waals surface area contributed by atoms with Gasteiger partial charge in [-0.25, -0.2) is 0 Å². The summed E-state index contributed by atoms with van der Waals surface area (Å²) in [7, 11) is 0. The molecule has 0 fully saturated rings. The zero-order valence-corrected chi connectivity index (χ0v) is 19.8. The van der Waals surface area contributed by atoms with Crippen molar-refractivity contribution >= 4 is 43.7 Å². The predicted octanol–water partition coefficient (Wildman–Crippen LogP) is 6.28. The van der Waals surface area contributed by atoms with Crippen LogP contribution in [0.1, 0.15) is 43.9 Å². The van der Waals surface area contributed by atoms with Crippen LogP contribution in [0.4, 0.5) is 5.69 Å². The summed E-state index contributed by atoms with van der Waals surface area (Å²) in [4.78, 5) is 13.6. The van der Waals surface area contributed by atoms with E-state index in [4.69, 9.17) is 4.74 Å². The Morgan fingerprint density at radius 3 is 2.75 bits per heavy atom. The van der Waals surface area contributed by atoms with Crippen LogP contribution in [0.25, 0.3) is 16.3 Å². The van der Waals surface area contributed by atoms with E-state index < -0.39 is 0 Å². The van der Waals surface area contributed by atoms with E-state index >= 15 is 0 Å². The molecule has 3 aromatic rings. The largest absolute Gasteiger partial charge is 0.491 e. The molecular weight excluding hydrogens is 466 g/mol. The van der Waals surface area contributed by atoms with Gasteiger partial charge in [0.1, 0.15) is 12.4 Å². The maximum atomic E-state index is 13.6. The molecule has 2 aliphatic rings. The average Bonchev–Trinajstić information content (AvgIpc) is 2.76. The molecule has 164 valence electrons. The molecule has 5 heteroatoms. The Kier molecular flexibility index (Phi) is 5.34. The Bertz CT molecular complexity index is 1260. The van der Waals surface area contributed by atoms with Crippen molar-refractivity contribution in [3.63, 3.8) is 0 Å². The highest BCUT2D eigenvalue weighted by Crippen LogP contribution is 2.53. The van der Waals surface area contributed by atoms with Gasteiger partial charge in [-0.1, -0.05) is 60.1 Å². The molecule has 0 saturated carbocycles. The average molecular weight is 492 g/mol. The number of aliphatic hydroxyl groups is 1. The zero-order valence-electron chi connectivity index (χ0n) is 18.2. The van der Waals surface area contributed by atoms with Crippen LogP contribution in [0.3, 0.4) is 0 Å². The third kappa shape index (κ3) is 3.63. The van der Waals surface area contributed by atoms with Crippen molar-refractivity contribution in [2.24, 2.45) is 5.41 Å². The van der Waals surface area contributed by atoms with Gasteiger partial charge in [0.15, 0.2) is 5.78 Å². The maximum Gasteiger partial charge on any atom is 0.162 e. The molecule has 1 heterocycles. The van der Waals surface area contributed by atoms with Gasteiger partial charge >= 0.3 is 0 Å². The summed E-state index contributed by atoms with van der Waals surface area (Å²) in [6.45, 7) is 4.48. The second-order valence-corrected chi connectivity index (χ2v) is 10.3. The van der Waals surface area contributed by atoms with Gasteiger partial charge < -0.3 is 15.2 Å². The van der Waals surface area contributed by atoms with Crippen molar-refractivity contribution < 1.29 is 14.6 Å². The topological polar surface area (TPSA) is 58.6 Å². The molecule has 3 aromatic carbocycles. The molecule has 0 amide bonds. The Morgan fingerprint density at radius 2 is 1.94 bits per heavy atom. The fourth-order valence-corrected chi connectivity index (χ4v) is 5.48. The number of Topliss-reactive ketones (excluding diaryl/α,β-unsaturated/α-hetero) is 1. The van der Waals surface area contributed by atoms with Gasteiger partial charge in [0, 0.05) is 33.3 Å². The first kappa shape index (κ1) is 21.2. The summed E-state index contributed by atoms with van der Waals surface area (Å²) < 4.78 is 6.78. The highest BCUT2D eigenvalue weighted by Gasteiger charge is 2.41. The van der Waals surface area contributed by atoms with Gasteiger partial charge in [-0.3, -0.25) is 4.79 Å². The minimum absolute atomic E-state index is 0.0660. The summed E-state index contributed by atoms with van der Waals surface area (Å²) in [6.07, 6.45) is 1.36. The Morgan fingerprint density at radius 1 is 1.12 bits per heavy atom. The van der Waals surface area contributed by atoms with E-state index in [1.54, 1.807) is 0 Å². The van der Waals surface area contributed by atoms with Crippen LogP contribution in [0.15, 0.2) is 64.6 Å². The number of fused-ring (bicyclic) bond motifs is 4. The molecule has 32 heavy (non-hydrogen) atoms. The van der Waals surface area contributed by atoms with E-state index in [1.807, 2.05) is 24.3 Å². The van der Waals surface area contributed by atoms with Gasteiger partial charge in [0.2, 0.25) is 0 Å². The smallest absolute Gasteiger partial charge is 0.162 e. The van der Waals surface area contributed by atoms with Crippen molar-refractivity contribution in [2.45, 2.75) is 32.7 Å².